The number of aryl methyl sites for hydroxylation is 1. The largest absolute Gasteiger partial charge is 0.495 e. The third kappa shape index (κ3) is 5.10. The van der Waals surface area contributed by atoms with Gasteiger partial charge in [-0.2, -0.15) is 0 Å². The fourth-order valence-electron chi connectivity index (χ4n) is 4.02. The van der Waals surface area contributed by atoms with E-state index in [0.29, 0.717) is 11.3 Å². The Morgan fingerprint density at radius 1 is 1.06 bits per heavy atom. The molecule has 3 aromatic carbocycles. The topological polar surface area (TPSA) is 96.0 Å². The first kappa shape index (κ1) is 24.6. The van der Waals surface area contributed by atoms with Gasteiger partial charge in [-0.15, -0.1) is 0 Å². The average Bonchev–Trinajstić information content (AvgIpc) is 3.16. The maximum Gasteiger partial charge on any atom is 0.269 e. The Hall–Kier alpha value is -4.53. The molecule has 9 heteroatoms. The molecule has 0 spiro atoms. The van der Waals surface area contributed by atoms with Crippen molar-refractivity contribution in [1.29, 1.82) is 0 Å². The van der Waals surface area contributed by atoms with Crippen LogP contribution in [-0.4, -0.2) is 41.8 Å². The summed E-state index contributed by atoms with van der Waals surface area (Å²) < 4.78 is 19.0. The van der Waals surface area contributed by atoms with E-state index in [-0.39, 0.29) is 24.1 Å². The Morgan fingerprint density at radius 3 is 2.50 bits per heavy atom. The van der Waals surface area contributed by atoms with Crippen LogP contribution in [0.3, 0.4) is 0 Å². The molecule has 1 fully saturated rings. The van der Waals surface area contributed by atoms with Crippen LogP contribution in [0.4, 0.5) is 10.1 Å². The van der Waals surface area contributed by atoms with Gasteiger partial charge in [-0.05, 0) is 48.4 Å². The summed E-state index contributed by atoms with van der Waals surface area (Å²) in [6.45, 7) is 1.81. The third-order valence-corrected chi connectivity index (χ3v) is 5.79. The number of anilines is 1. The summed E-state index contributed by atoms with van der Waals surface area (Å²) >= 11 is 0. The van der Waals surface area contributed by atoms with Gasteiger partial charge in [-0.25, -0.2) is 14.3 Å². The van der Waals surface area contributed by atoms with Crippen LogP contribution >= 0.6 is 0 Å². The quantitative estimate of drug-likeness (QED) is 0.424. The van der Waals surface area contributed by atoms with E-state index in [0.717, 1.165) is 21.5 Å². The highest BCUT2D eigenvalue weighted by Gasteiger charge is 2.46. The van der Waals surface area contributed by atoms with Gasteiger partial charge in [0.15, 0.2) is 0 Å². The molecule has 184 valence electrons. The summed E-state index contributed by atoms with van der Waals surface area (Å²) in [6, 6.07) is 17.5. The van der Waals surface area contributed by atoms with Crippen LogP contribution in [0, 0.1) is 12.7 Å². The standard InChI is InChI=1S/C27H24FN3O5/c1-17-11-12-23(36-2)21(13-17)30-24(32)16-22(27(30)35)31(25(33)14-18-7-4-3-5-8-18)29-26(34)19-9-6-10-20(28)15-19/h3-13,15,22H,14,16H2,1-2H3,(H,29,34). The number of ether oxygens (including phenoxy) is 1. The van der Waals surface area contributed by atoms with Crippen molar-refractivity contribution in [2.75, 3.05) is 12.0 Å². The number of nitrogens with one attached hydrogen (secondary N) is 1. The second kappa shape index (κ2) is 10.4. The van der Waals surface area contributed by atoms with Crippen molar-refractivity contribution >= 4 is 29.3 Å². The lowest BCUT2D eigenvalue weighted by Crippen LogP contribution is -2.55. The molecular formula is C27H24FN3O5. The van der Waals surface area contributed by atoms with Gasteiger partial charge in [0.05, 0.1) is 25.6 Å². The smallest absolute Gasteiger partial charge is 0.269 e. The summed E-state index contributed by atoms with van der Waals surface area (Å²) in [6.07, 6.45) is -0.476. The number of nitrogens with zero attached hydrogens (tertiary/aromatic N) is 2. The average molecular weight is 490 g/mol. The molecule has 8 nitrogen and oxygen atoms in total. The highest BCUT2D eigenvalue weighted by atomic mass is 19.1. The minimum atomic E-state index is -1.29. The van der Waals surface area contributed by atoms with Crippen LogP contribution in [-0.2, 0) is 20.8 Å². The molecule has 1 aliphatic heterocycles. The number of amides is 4. The Labute approximate surface area is 207 Å². The molecule has 4 rings (SSSR count). The van der Waals surface area contributed by atoms with E-state index in [1.54, 1.807) is 55.5 Å². The second-order valence-corrected chi connectivity index (χ2v) is 8.34. The van der Waals surface area contributed by atoms with Crippen molar-refractivity contribution in [2.24, 2.45) is 0 Å². The molecule has 1 unspecified atom stereocenters. The zero-order valence-corrected chi connectivity index (χ0v) is 19.7. The molecule has 4 amide bonds. The van der Waals surface area contributed by atoms with Gasteiger partial charge in [-0.1, -0.05) is 42.5 Å². The minimum absolute atomic E-state index is 0.0403. The van der Waals surface area contributed by atoms with Gasteiger partial charge in [-0.3, -0.25) is 24.6 Å². The number of hydrogen-bond donors (Lipinski definition) is 1. The van der Waals surface area contributed by atoms with Crippen molar-refractivity contribution in [2.45, 2.75) is 25.8 Å². The van der Waals surface area contributed by atoms with Crippen LogP contribution in [0.1, 0.15) is 27.9 Å². The number of hydrazine groups is 1. The summed E-state index contributed by atoms with van der Waals surface area (Å²) in [5.74, 6) is -2.95. The zero-order valence-electron chi connectivity index (χ0n) is 19.7. The van der Waals surface area contributed by atoms with Crippen molar-refractivity contribution < 1.29 is 28.3 Å². The third-order valence-electron chi connectivity index (χ3n) is 5.79. The molecular weight excluding hydrogens is 465 g/mol. The molecule has 1 saturated heterocycles. The number of halogens is 1. The van der Waals surface area contributed by atoms with E-state index in [2.05, 4.69) is 5.43 Å². The Morgan fingerprint density at radius 2 is 1.81 bits per heavy atom. The minimum Gasteiger partial charge on any atom is -0.495 e. The number of carbonyl (C=O) groups excluding carboxylic acids is 4. The maximum absolute atomic E-state index is 13.7. The van der Waals surface area contributed by atoms with Gasteiger partial charge in [0.2, 0.25) is 11.8 Å². The Bertz CT molecular complexity index is 1330. The molecule has 0 radical (unpaired) electrons. The molecule has 1 atom stereocenters. The van der Waals surface area contributed by atoms with Crippen molar-refractivity contribution in [3.63, 3.8) is 0 Å². The first-order valence-electron chi connectivity index (χ1n) is 11.2. The maximum atomic E-state index is 13.7. The molecule has 0 bridgehead atoms. The van der Waals surface area contributed by atoms with Gasteiger partial charge in [0, 0.05) is 5.56 Å². The first-order valence-corrected chi connectivity index (χ1v) is 11.2. The predicted octanol–water partition coefficient (Wildman–Crippen LogP) is 3.19. The van der Waals surface area contributed by atoms with Crippen LogP contribution in [0.15, 0.2) is 72.8 Å². The normalized spacial score (nSPS) is 15.1. The number of hydrogen-bond acceptors (Lipinski definition) is 5. The molecule has 3 aromatic rings. The predicted molar refractivity (Wildman–Crippen MR) is 129 cm³/mol. The Kier molecular flexibility index (Phi) is 7.10. The van der Waals surface area contributed by atoms with Crippen molar-refractivity contribution in [3.05, 3.63) is 95.3 Å². The summed E-state index contributed by atoms with van der Waals surface area (Å²) in [4.78, 5) is 53.7. The van der Waals surface area contributed by atoms with Crippen LogP contribution in [0.5, 0.6) is 5.75 Å². The number of imide groups is 1. The van der Waals surface area contributed by atoms with Crippen molar-refractivity contribution in [3.8, 4) is 5.75 Å². The lowest BCUT2D eigenvalue weighted by atomic mass is 10.1. The van der Waals surface area contributed by atoms with Gasteiger partial charge in [0.25, 0.3) is 11.8 Å². The van der Waals surface area contributed by atoms with E-state index >= 15 is 0 Å². The van der Waals surface area contributed by atoms with E-state index in [4.69, 9.17) is 4.74 Å². The van der Waals surface area contributed by atoms with E-state index < -0.39 is 35.5 Å². The molecule has 36 heavy (non-hydrogen) atoms. The highest BCUT2D eigenvalue weighted by molar-refractivity contribution is 6.23. The molecule has 0 aromatic heterocycles. The van der Waals surface area contributed by atoms with E-state index in [9.17, 15) is 23.6 Å². The summed E-state index contributed by atoms with van der Waals surface area (Å²) in [7, 11) is 1.42. The van der Waals surface area contributed by atoms with Gasteiger partial charge >= 0.3 is 0 Å². The highest BCUT2D eigenvalue weighted by Crippen LogP contribution is 2.34. The first-order chi connectivity index (χ1) is 17.3. The van der Waals surface area contributed by atoms with Gasteiger partial charge in [0.1, 0.15) is 17.6 Å². The Balaban J connectivity index is 1.67. The molecule has 0 saturated carbocycles. The lowest BCUT2D eigenvalue weighted by Gasteiger charge is -2.28. The molecule has 1 heterocycles. The number of benzene rings is 3. The summed E-state index contributed by atoms with van der Waals surface area (Å²) in [5.41, 5.74) is 4.10. The molecule has 1 aliphatic rings. The van der Waals surface area contributed by atoms with Crippen LogP contribution < -0.4 is 15.1 Å². The lowest BCUT2D eigenvalue weighted by molar-refractivity contribution is -0.140. The monoisotopic (exact) mass is 489 g/mol. The number of rotatable bonds is 6. The van der Waals surface area contributed by atoms with E-state index in [1.165, 1.54) is 25.3 Å². The van der Waals surface area contributed by atoms with Crippen LogP contribution in [0.2, 0.25) is 0 Å². The fourth-order valence-corrected chi connectivity index (χ4v) is 4.02. The molecule has 1 N–H and O–H groups in total. The second-order valence-electron chi connectivity index (χ2n) is 8.34. The van der Waals surface area contributed by atoms with Crippen LogP contribution in [0.25, 0.3) is 0 Å². The number of carbonyl (C=O) groups is 4. The van der Waals surface area contributed by atoms with E-state index in [1.807, 2.05) is 0 Å². The fraction of sp³-hybridized carbons (Fsp3) is 0.185. The van der Waals surface area contributed by atoms with Crippen molar-refractivity contribution in [1.82, 2.24) is 10.4 Å². The molecule has 0 aliphatic carbocycles. The zero-order chi connectivity index (χ0) is 25.8. The SMILES string of the molecule is COc1ccc(C)cc1N1C(=O)CC(N(NC(=O)c2cccc(F)c2)C(=O)Cc2ccccc2)C1=O. The summed E-state index contributed by atoms with van der Waals surface area (Å²) in [5, 5.41) is 0.878. The van der Waals surface area contributed by atoms with Gasteiger partial charge < -0.3 is 4.74 Å². The number of methoxy groups -OCH3 is 1.